The highest BCUT2D eigenvalue weighted by Gasteiger charge is 2.24. The van der Waals surface area contributed by atoms with E-state index >= 15 is 0 Å². The minimum atomic E-state index is -3.91. The lowest BCUT2D eigenvalue weighted by atomic mass is 10.2. The number of benzene rings is 2. The van der Waals surface area contributed by atoms with Crippen molar-refractivity contribution in [3.8, 4) is 6.07 Å². The zero-order valence-corrected chi connectivity index (χ0v) is 16.9. The largest absolute Gasteiger partial charge is 0.280 e. The molecule has 1 N–H and O–H groups in total. The van der Waals surface area contributed by atoms with Gasteiger partial charge in [-0.25, -0.2) is 16.8 Å². The van der Waals surface area contributed by atoms with Gasteiger partial charge in [-0.15, -0.1) is 0 Å². The highest BCUT2D eigenvalue weighted by molar-refractivity contribution is 7.92. The van der Waals surface area contributed by atoms with E-state index in [2.05, 4.69) is 4.72 Å². The van der Waals surface area contributed by atoms with Crippen molar-refractivity contribution in [2.45, 2.75) is 30.6 Å². The lowest BCUT2D eigenvalue weighted by molar-refractivity contribution is 0.445. The summed E-state index contributed by atoms with van der Waals surface area (Å²) in [4.78, 5) is 0.0430. The van der Waals surface area contributed by atoms with Gasteiger partial charge in [0, 0.05) is 13.1 Å². The molecule has 0 aliphatic rings. The molecule has 0 radical (unpaired) electrons. The molecule has 0 heterocycles. The summed E-state index contributed by atoms with van der Waals surface area (Å²) < 4.78 is 54.4. The van der Waals surface area contributed by atoms with E-state index in [9.17, 15) is 16.8 Å². The van der Waals surface area contributed by atoms with Crippen LogP contribution in [-0.2, 0) is 20.0 Å². The van der Waals surface area contributed by atoms with Crippen LogP contribution in [0.25, 0.3) is 0 Å². The molecule has 0 aromatic heterocycles. The standard InChI is InChI=1S/C18H21N3O4S2/c1-4-21(5-2)27(24,25)18-12-16(9-6-14(18)3)20-26(22,23)17-10-7-15(13-19)8-11-17/h6-12,20H,4-5H2,1-3H3. The minimum Gasteiger partial charge on any atom is -0.280 e. The Morgan fingerprint density at radius 1 is 1.00 bits per heavy atom. The number of anilines is 1. The Labute approximate surface area is 160 Å². The monoisotopic (exact) mass is 407 g/mol. The number of nitrogens with one attached hydrogen (secondary N) is 1. The molecule has 2 aromatic rings. The molecule has 144 valence electrons. The molecule has 7 nitrogen and oxygen atoms in total. The highest BCUT2D eigenvalue weighted by Crippen LogP contribution is 2.25. The second-order valence-corrected chi connectivity index (χ2v) is 9.40. The molecule has 0 amide bonds. The van der Waals surface area contributed by atoms with Gasteiger partial charge in [0.15, 0.2) is 0 Å². The van der Waals surface area contributed by atoms with Gasteiger partial charge in [-0.3, -0.25) is 4.72 Å². The number of nitriles is 1. The Bertz CT molecular complexity index is 1070. The Hall–Kier alpha value is -2.41. The van der Waals surface area contributed by atoms with Gasteiger partial charge in [0.05, 0.1) is 27.1 Å². The zero-order chi connectivity index (χ0) is 20.2. The summed E-state index contributed by atoms with van der Waals surface area (Å²) in [7, 11) is -7.63. The summed E-state index contributed by atoms with van der Waals surface area (Å²) in [6.07, 6.45) is 0. The molecule has 2 rings (SSSR count). The first-order valence-electron chi connectivity index (χ1n) is 8.29. The van der Waals surface area contributed by atoms with E-state index in [1.165, 1.54) is 40.7 Å². The van der Waals surface area contributed by atoms with Crippen molar-refractivity contribution < 1.29 is 16.8 Å². The SMILES string of the molecule is CCN(CC)S(=O)(=O)c1cc(NS(=O)(=O)c2ccc(C#N)cc2)ccc1C. The van der Waals surface area contributed by atoms with E-state index in [0.717, 1.165) is 0 Å². The summed E-state index contributed by atoms with van der Waals surface area (Å²) in [5.74, 6) is 0. The van der Waals surface area contributed by atoms with Crippen LogP contribution in [0.1, 0.15) is 25.0 Å². The average Bonchev–Trinajstić information content (AvgIpc) is 2.63. The highest BCUT2D eigenvalue weighted by atomic mass is 32.2. The number of hydrogen-bond donors (Lipinski definition) is 1. The molecule has 0 atom stereocenters. The third-order valence-electron chi connectivity index (χ3n) is 4.06. The fraction of sp³-hybridized carbons (Fsp3) is 0.278. The zero-order valence-electron chi connectivity index (χ0n) is 15.3. The molecule has 2 aromatic carbocycles. The van der Waals surface area contributed by atoms with Crippen LogP contribution in [0.15, 0.2) is 52.3 Å². The van der Waals surface area contributed by atoms with E-state index in [1.807, 2.05) is 6.07 Å². The second-order valence-electron chi connectivity index (χ2n) is 5.81. The van der Waals surface area contributed by atoms with Crippen LogP contribution in [0.2, 0.25) is 0 Å². The fourth-order valence-electron chi connectivity index (χ4n) is 2.57. The van der Waals surface area contributed by atoms with Crippen molar-refractivity contribution in [3.05, 3.63) is 53.6 Å². The maximum atomic E-state index is 12.8. The first-order valence-corrected chi connectivity index (χ1v) is 11.2. The topological polar surface area (TPSA) is 107 Å². The summed E-state index contributed by atoms with van der Waals surface area (Å²) >= 11 is 0. The van der Waals surface area contributed by atoms with Crippen molar-refractivity contribution in [3.63, 3.8) is 0 Å². The van der Waals surface area contributed by atoms with Crippen LogP contribution < -0.4 is 4.72 Å². The molecular formula is C18H21N3O4S2. The third kappa shape index (κ3) is 4.47. The molecule has 0 spiro atoms. The molecule has 0 aliphatic heterocycles. The molecule has 0 saturated carbocycles. The summed E-state index contributed by atoms with van der Waals surface area (Å²) in [5.41, 5.74) is 1.02. The van der Waals surface area contributed by atoms with Crippen LogP contribution in [-0.4, -0.2) is 34.2 Å². The molecule has 27 heavy (non-hydrogen) atoms. The maximum absolute atomic E-state index is 12.8. The van der Waals surface area contributed by atoms with Gasteiger partial charge in [0.25, 0.3) is 10.0 Å². The van der Waals surface area contributed by atoms with E-state index < -0.39 is 20.0 Å². The summed E-state index contributed by atoms with van der Waals surface area (Å²) in [6, 6.07) is 11.8. The van der Waals surface area contributed by atoms with Gasteiger partial charge < -0.3 is 0 Å². The molecule has 9 heteroatoms. The van der Waals surface area contributed by atoms with Crippen LogP contribution in [0.3, 0.4) is 0 Å². The van der Waals surface area contributed by atoms with Crippen LogP contribution in [0, 0.1) is 18.3 Å². The number of aryl methyl sites for hydroxylation is 1. The van der Waals surface area contributed by atoms with Gasteiger partial charge in [-0.05, 0) is 48.9 Å². The van der Waals surface area contributed by atoms with E-state index in [1.54, 1.807) is 26.8 Å². The van der Waals surface area contributed by atoms with Gasteiger partial charge in [0.1, 0.15) is 0 Å². The van der Waals surface area contributed by atoms with Gasteiger partial charge >= 0.3 is 0 Å². The Morgan fingerprint density at radius 2 is 1.59 bits per heavy atom. The van der Waals surface area contributed by atoms with Crippen molar-refractivity contribution in [1.82, 2.24) is 4.31 Å². The normalized spacial score (nSPS) is 12.0. The van der Waals surface area contributed by atoms with E-state index in [0.29, 0.717) is 24.2 Å². The molecular weight excluding hydrogens is 386 g/mol. The molecule has 0 unspecified atom stereocenters. The fourth-order valence-corrected chi connectivity index (χ4v) is 5.33. The molecule has 0 fully saturated rings. The van der Waals surface area contributed by atoms with Gasteiger partial charge in [-0.2, -0.15) is 9.57 Å². The number of nitrogens with zero attached hydrogens (tertiary/aromatic N) is 2. The van der Waals surface area contributed by atoms with Gasteiger partial charge in [-0.1, -0.05) is 19.9 Å². The van der Waals surface area contributed by atoms with Crippen molar-refractivity contribution in [2.24, 2.45) is 0 Å². The lowest BCUT2D eigenvalue weighted by Crippen LogP contribution is -2.31. The quantitative estimate of drug-likeness (QED) is 0.759. The van der Waals surface area contributed by atoms with Crippen LogP contribution in [0.4, 0.5) is 5.69 Å². The Balaban J connectivity index is 2.42. The number of hydrogen-bond acceptors (Lipinski definition) is 5. The third-order valence-corrected chi connectivity index (χ3v) is 7.65. The minimum absolute atomic E-state index is 0.0183. The Morgan fingerprint density at radius 3 is 2.11 bits per heavy atom. The molecule has 0 bridgehead atoms. The van der Waals surface area contributed by atoms with Crippen molar-refractivity contribution >= 4 is 25.7 Å². The van der Waals surface area contributed by atoms with Crippen LogP contribution >= 0.6 is 0 Å². The predicted molar refractivity (Wildman–Crippen MR) is 103 cm³/mol. The Kier molecular flexibility index (Phi) is 6.26. The maximum Gasteiger partial charge on any atom is 0.261 e. The predicted octanol–water partition coefficient (Wildman–Crippen LogP) is 2.70. The first kappa shape index (κ1) is 20.9. The molecule has 0 aliphatic carbocycles. The van der Waals surface area contributed by atoms with E-state index in [4.69, 9.17) is 5.26 Å². The average molecular weight is 408 g/mol. The summed E-state index contributed by atoms with van der Waals surface area (Å²) in [5, 5.41) is 8.81. The number of sulfonamides is 2. The van der Waals surface area contributed by atoms with Crippen LogP contribution in [0.5, 0.6) is 0 Å². The van der Waals surface area contributed by atoms with Gasteiger partial charge in [0.2, 0.25) is 10.0 Å². The second kappa shape index (κ2) is 8.08. The van der Waals surface area contributed by atoms with Crippen molar-refractivity contribution in [1.29, 1.82) is 5.26 Å². The summed E-state index contributed by atoms with van der Waals surface area (Å²) in [6.45, 7) is 5.79. The molecule has 0 saturated heterocycles. The van der Waals surface area contributed by atoms with Crippen molar-refractivity contribution in [2.75, 3.05) is 17.8 Å². The lowest BCUT2D eigenvalue weighted by Gasteiger charge is -2.20. The smallest absolute Gasteiger partial charge is 0.261 e. The number of rotatable bonds is 7. The van der Waals surface area contributed by atoms with E-state index in [-0.39, 0.29) is 15.5 Å². The first-order chi connectivity index (χ1) is 12.7.